The first-order chi connectivity index (χ1) is 43.5. The molecule has 1 aliphatic carbocycles. The number of nitrogens with zero attached hydrogens (tertiary/aromatic N) is 4. The molecule has 1 fully saturated rings. The minimum atomic E-state index is -0.828. The summed E-state index contributed by atoms with van der Waals surface area (Å²) in [5, 5.41) is 6.37. The summed E-state index contributed by atoms with van der Waals surface area (Å²) >= 11 is 0. The average Bonchev–Trinajstić information content (AvgIpc) is 1.82. The van der Waals surface area contributed by atoms with Crippen LogP contribution in [0.3, 0.4) is 0 Å². The summed E-state index contributed by atoms with van der Waals surface area (Å²) in [6.45, 7) is 12.4. The van der Waals surface area contributed by atoms with Crippen LogP contribution in [0.25, 0.3) is 45.1 Å². The number of rotatable bonds is 36. The highest BCUT2D eigenvalue weighted by molar-refractivity contribution is 6.28. The van der Waals surface area contributed by atoms with Gasteiger partial charge in [-0.25, -0.2) is 14.9 Å². The van der Waals surface area contributed by atoms with Gasteiger partial charge >= 0.3 is 0 Å². The molecule has 2 aliphatic heterocycles. The van der Waals surface area contributed by atoms with Gasteiger partial charge in [0.15, 0.2) is 11.2 Å². The van der Waals surface area contributed by atoms with Crippen molar-refractivity contribution >= 4 is 69.0 Å². The second-order valence-electron chi connectivity index (χ2n) is 26.9. The molecule has 2 N–H and O–H groups in total. The fraction of sp³-hybridized carbons (Fsp3) is 0.526. The number of benzene rings is 4. The van der Waals surface area contributed by atoms with Crippen LogP contribution in [0.1, 0.15) is 232 Å². The molecule has 1 saturated carbocycles. The number of carbonyl (C=O) groups is 6. The van der Waals surface area contributed by atoms with Crippen LogP contribution in [0.2, 0.25) is 0 Å². The van der Waals surface area contributed by atoms with E-state index in [1.165, 1.54) is 158 Å². The molecular formula is C76H98N6O8. The number of fused-ring (bicyclic) bond motifs is 2. The number of nitrogens with one attached hydrogen (secondary N) is 2. The molecule has 6 amide bonds. The first kappa shape index (κ1) is 66.9. The summed E-state index contributed by atoms with van der Waals surface area (Å²) in [7, 11) is 0. The Morgan fingerprint density at radius 3 is 1.47 bits per heavy atom. The van der Waals surface area contributed by atoms with E-state index in [4.69, 9.17) is 13.8 Å². The Hall–Kier alpha value is -7.48. The number of anilines is 2. The lowest BCUT2D eigenvalue weighted by Crippen LogP contribution is -2.45. The number of aromatic nitrogens is 2. The van der Waals surface area contributed by atoms with Crippen molar-refractivity contribution < 1.29 is 37.6 Å². The Morgan fingerprint density at radius 2 is 0.922 bits per heavy atom. The van der Waals surface area contributed by atoms with Crippen LogP contribution in [0.5, 0.6) is 0 Å². The SMILES string of the molecule is CCCCCCCCC1C(CCCCCC)CCC(CCCCCCCC(=O)NC(C)(C)c2ccc3nc(-c4ccc(N5C(=O)C=CC5=O)cc4)oc3c2)C1CCCCCCCC(=O)Nc1ccc2nc(-c3ccc(C(C)(C)N4C(=O)C=CC4=O)cc3)oc2c1. The van der Waals surface area contributed by atoms with Crippen LogP contribution in [-0.2, 0) is 39.8 Å². The molecule has 0 spiro atoms. The Balaban J connectivity index is 0.710. The smallest absolute Gasteiger partial charge is 0.258 e. The summed E-state index contributed by atoms with van der Waals surface area (Å²) in [6.07, 6.45) is 38.8. The third kappa shape index (κ3) is 17.5. The monoisotopic (exact) mass is 1220 g/mol. The number of hydrogen-bond donors (Lipinski definition) is 2. The summed E-state index contributed by atoms with van der Waals surface area (Å²) in [5.74, 6) is 2.82. The summed E-state index contributed by atoms with van der Waals surface area (Å²) in [6, 6.07) is 25.9. The average molecular weight is 1220 g/mol. The topological polar surface area (TPSA) is 185 Å². The fourth-order valence-electron chi connectivity index (χ4n) is 14.4. The largest absolute Gasteiger partial charge is 0.436 e. The number of hydrogen-bond acceptors (Lipinski definition) is 10. The molecule has 14 nitrogen and oxygen atoms in total. The van der Waals surface area contributed by atoms with E-state index < -0.39 is 11.1 Å². The van der Waals surface area contributed by atoms with E-state index in [1.807, 2.05) is 88.4 Å². The molecule has 4 unspecified atom stereocenters. The predicted molar refractivity (Wildman–Crippen MR) is 359 cm³/mol. The van der Waals surface area contributed by atoms with Gasteiger partial charge in [-0.3, -0.25) is 33.7 Å². The van der Waals surface area contributed by atoms with Gasteiger partial charge in [0.2, 0.25) is 23.6 Å². The molecular weight excluding hydrogens is 1120 g/mol. The quantitative estimate of drug-likeness (QED) is 0.0283. The van der Waals surface area contributed by atoms with E-state index in [9.17, 15) is 28.8 Å². The van der Waals surface area contributed by atoms with Gasteiger partial charge in [-0.05, 0) is 162 Å². The number of carbonyl (C=O) groups excluding carboxylic acids is 6. The zero-order chi connectivity index (χ0) is 63.6. The molecule has 90 heavy (non-hydrogen) atoms. The minimum Gasteiger partial charge on any atom is -0.436 e. The molecule has 6 aromatic rings. The first-order valence-corrected chi connectivity index (χ1v) is 34.3. The van der Waals surface area contributed by atoms with Gasteiger partial charge in [-0.1, -0.05) is 160 Å². The van der Waals surface area contributed by atoms with Crippen molar-refractivity contribution in [1.82, 2.24) is 20.2 Å². The third-order valence-corrected chi connectivity index (χ3v) is 19.5. The van der Waals surface area contributed by atoms with Gasteiger partial charge in [0.1, 0.15) is 11.0 Å². The molecule has 0 saturated heterocycles. The van der Waals surface area contributed by atoms with Crippen molar-refractivity contribution in [2.24, 2.45) is 23.7 Å². The second kappa shape index (κ2) is 32.0. The van der Waals surface area contributed by atoms with E-state index in [0.29, 0.717) is 58.2 Å². The Bertz CT molecular complexity index is 3420. The molecule has 9 rings (SSSR count). The van der Waals surface area contributed by atoms with Crippen molar-refractivity contribution in [2.45, 2.75) is 232 Å². The lowest BCUT2D eigenvalue weighted by atomic mass is 9.61. The van der Waals surface area contributed by atoms with Crippen molar-refractivity contribution in [3.8, 4) is 22.9 Å². The fourth-order valence-corrected chi connectivity index (χ4v) is 14.4. The normalized spacial score (nSPS) is 17.9. The molecule has 14 heteroatoms. The van der Waals surface area contributed by atoms with Crippen LogP contribution in [0.15, 0.2) is 118 Å². The highest BCUT2D eigenvalue weighted by Crippen LogP contribution is 2.48. The highest BCUT2D eigenvalue weighted by Gasteiger charge is 2.40. The van der Waals surface area contributed by atoms with Gasteiger partial charge in [0.25, 0.3) is 23.6 Å². The molecule has 4 heterocycles. The van der Waals surface area contributed by atoms with Crippen LogP contribution < -0.4 is 15.5 Å². The van der Waals surface area contributed by atoms with Gasteiger partial charge < -0.3 is 19.5 Å². The van der Waals surface area contributed by atoms with Crippen LogP contribution >= 0.6 is 0 Å². The van der Waals surface area contributed by atoms with E-state index >= 15 is 0 Å². The van der Waals surface area contributed by atoms with Gasteiger partial charge in [-0.15, -0.1) is 0 Å². The third-order valence-electron chi connectivity index (χ3n) is 19.5. The number of imide groups is 2. The molecule has 3 aliphatic rings. The Morgan fingerprint density at radius 1 is 0.489 bits per heavy atom. The summed E-state index contributed by atoms with van der Waals surface area (Å²) in [4.78, 5) is 87.6. The van der Waals surface area contributed by atoms with Gasteiger partial charge in [0.05, 0.1) is 16.8 Å². The molecule has 0 radical (unpaired) electrons. The maximum atomic E-state index is 13.4. The van der Waals surface area contributed by atoms with E-state index in [0.717, 1.165) is 89.4 Å². The molecule has 480 valence electrons. The van der Waals surface area contributed by atoms with E-state index in [-0.39, 0.29) is 35.4 Å². The van der Waals surface area contributed by atoms with Crippen molar-refractivity contribution in [1.29, 1.82) is 0 Å². The lowest BCUT2D eigenvalue weighted by Gasteiger charge is -2.44. The minimum absolute atomic E-state index is 0.00435. The van der Waals surface area contributed by atoms with Crippen molar-refractivity contribution in [3.05, 3.63) is 120 Å². The van der Waals surface area contributed by atoms with E-state index in [2.05, 4.69) is 29.5 Å². The number of oxazole rings is 2. The zero-order valence-electron chi connectivity index (χ0n) is 54.6. The highest BCUT2D eigenvalue weighted by atomic mass is 16.4. The second-order valence-corrected chi connectivity index (χ2v) is 26.9. The van der Waals surface area contributed by atoms with Gasteiger partial charge in [-0.2, -0.15) is 0 Å². The zero-order valence-corrected chi connectivity index (χ0v) is 54.6. The standard InChI is InChI=1S/C76H98N6O8/c1-7-9-11-13-17-23-29-61-53(27-21-12-10-8-2)33-34-54(28-22-16-14-20-26-32-68(84)80-75(3,4)58-41-45-63-65(51-58)89-74(78-63)56-37-43-60(44-38-56)81-69(85)47-48-70(81)86)62(61)30-24-18-15-19-25-31-67(83)77-59-42-46-64-66(52-59)90-73(79-64)55-35-39-57(40-36-55)76(5,6)82-71(87)49-50-72(82)88/h35-54,61-62H,7-34H2,1-6H3,(H,77,83)(H,80,84). The van der Waals surface area contributed by atoms with Crippen molar-refractivity contribution in [2.75, 3.05) is 10.2 Å². The van der Waals surface area contributed by atoms with Crippen LogP contribution in [0, 0.1) is 23.7 Å². The Labute approximate surface area is 533 Å². The van der Waals surface area contributed by atoms with E-state index in [1.54, 1.807) is 24.3 Å². The maximum absolute atomic E-state index is 13.4. The summed E-state index contributed by atoms with van der Waals surface area (Å²) in [5.41, 5.74) is 5.52. The van der Waals surface area contributed by atoms with Crippen molar-refractivity contribution in [3.63, 3.8) is 0 Å². The van der Waals surface area contributed by atoms with Crippen LogP contribution in [0.4, 0.5) is 11.4 Å². The lowest BCUT2D eigenvalue weighted by molar-refractivity contribution is -0.143. The number of amides is 6. The number of unbranched alkanes of at least 4 members (excludes halogenated alkanes) is 16. The molecule has 4 aromatic carbocycles. The Kier molecular flexibility index (Phi) is 23.8. The molecule has 4 atom stereocenters. The summed E-state index contributed by atoms with van der Waals surface area (Å²) < 4.78 is 12.4. The van der Waals surface area contributed by atoms with Gasteiger partial charge in [0, 0.05) is 60.0 Å². The van der Waals surface area contributed by atoms with Crippen LogP contribution in [-0.4, -0.2) is 50.3 Å². The predicted octanol–water partition coefficient (Wildman–Crippen LogP) is 18.3. The maximum Gasteiger partial charge on any atom is 0.258 e. The molecule has 0 bridgehead atoms. The molecule has 2 aromatic heterocycles. The first-order valence-electron chi connectivity index (χ1n) is 34.3.